The van der Waals surface area contributed by atoms with Crippen LogP contribution in [0.2, 0.25) is 0 Å². The van der Waals surface area contributed by atoms with Gasteiger partial charge in [0.05, 0.1) is 17.8 Å². The number of alkyl halides is 2. The van der Waals surface area contributed by atoms with E-state index in [0.29, 0.717) is 24.9 Å². The smallest absolute Gasteiger partial charge is 0.481 e. The number of hydrogen-bond acceptors (Lipinski definition) is 6. The van der Waals surface area contributed by atoms with Crippen LogP contribution in [0.5, 0.6) is 11.5 Å². The summed E-state index contributed by atoms with van der Waals surface area (Å²) in [6, 6.07) is 10.7. The number of hydrogen-bond donors (Lipinski definition) is 2. The van der Waals surface area contributed by atoms with E-state index in [9.17, 15) is 18.7 Å². The Kier molecular flexibility index (Phi) is 6.60. The molecule has 2 aromatic rings. The van der Waals surface area contributed by atoms with Crippen molar-refractivity contribution in [2.45, 2.75) is 51.4 Å². The first kappa shape index (κ1) is 23.1. The maximum absolute atomic E-state index is 13.4. The fraction of sp³-hybridized carbons (Fsp3) is 0.458. The van der Waals surface area contributed by atoms with Gasteiger partial charge in [-0.15, -0.1) is 8.78 Å². The fourth-order valence-electron chi connectivity index (χ4n) is 4.39. The van der Waals surface area contributed by atoms with Crippen LogP contribution >= 0.6 is 0 Å². The van der Waals surface area contributed by atoms with Gasteiger partial charge in [-0.05, 0) is 55.5 Å². The molecule has 4 rings (SSSR count). The molecule has 0 radical (unpaired) electrons. The van der Waals surface area contributed by atoms with Crippen molar-refractivity contribution in [2.24, 2.45) is 0 Å². The Morgan fingerprint density at radius 1 is 1.18 bits per heavy atom. The lowest BCUT2D eigenvalue weighted by Gasteiger charge is -2.36. The normalized spacial score (nSPS) is 18.1. The first-order valence-electron chi connectivity index (χ1n) is 11.1. The van der Waals surface area contributed by atoms with Crippen LogP contribution < -0.4 is 19.7 Å². The third-order valence-corrected chi connectivity index (χ3v) is 6.03. The maximum Gasteiger partial charge on any atom is 0.586 e. The van der Waals surface area contributed by atoms with E-state index in [-0.39, 0.29) is 23.8 Å². The Bertz CT molecular complexity index is 1010. The third-order valence-electron chi connectivity index (χ3n) is 6.03. The number of anilines is 3. The highest BCUT2D eigenvalue weighted by Gasteiger charge is 2.43. The molecule has 7 nitrogen and oxygen atoms in total. The molecule has 0 amide bonds. The first-order valence-corrected chi connectivity index (χ1v) is 11.1. The first-order chi connectivity index (χ1) is 15.8. The lowest BCUT2D eigenvalue weighted by Crippen LogP contribution is -2.39. The summed E-state index contributed by atoms with van der Waals surface area (Å²) in [7, 11) is 0. The van der Waals surface area contributed by atoms with Gasteiger partial charge in [0.2, 0.25) is 0 Å². The molecular formula is C24H28F2N2O5. The van der Waals surface area contributed by atoms with Crippen LogP contribution in [0.15, 0.2) is 36.4 Å². The summed E-state index contributed by atoms with van der Waals surface area (Å²) < 4.78 is 41.5. The molecule has 2 aliphatic heterocycles. The molecule has 0 spiro atoms. The van der Waals surface area contributed by atoms with Crippen molar-refractivity contribution in [1.29, 1.82) is 0 Å². The highest BCUT2D eigenvalue weighted by Crippen LogP contribution is 2.43. The molecule has 2 N–H and O–H groups in total. The van der Waals surface area contributed by atoms with E-state index in [0.717, 1.165) is 36.3 Å². The van der Waals surface area contributed by atoms with Crippen LogP contribution in [0.3, 0.4) is 0 Å². The van der Waals surface area contributed by atoms with Gasteiger partial charge in [0.15, 0.2) is 11.5 Å². The molecule has 0 saturated carbocycles. The summed E-state index contributed by atoms with van der Waals surface area (Å²) in [6.45, 7) is 6.13. The number of ether oxygens (including phenoxy) is 3. The van der Waals surface area contributed by atoms with E-state index in [4.69, 9.17) is 4.74 Å². The fourth-order valence-corrected chi connectivity index (χ4v) is 4.39. The molecule has 1 atom stereocenters. The monoisotopic (exact) mass is 462 g/mol. The molecule has 0 aromatic heterocycles. The highest BCUT2D eigenvalue weighted by molar-refractivity contribution is 5.78. The Morgan fingerprint density at radius 2 is 1.91 bits per heavy atom. The van der Waals surface area contributed by atoms with E-state index in [1.165, 1.54) is 12.1 Å². The number of halogens is 2. The van der Waals surface area contributed by atoms with Crippen molar-refractivity contribution in [1.82, 2.24) is 0 Å². The molecule has 178 valence electrons. The molecule has 2 aromatic carbocycles. The van der Waals surface area contributed by atoms with Crippen LogP contribution in [0, 0.1) is 0 Å². The average molecular weight is 462 g/mol. The molecule has 1 fully saturated rings. The summed E-state index contributed by atoms with van der Waals surface area (Å²) in [6.07, 6.45) is -1.86. The number of nitrogens with one attached hydrogen (secondary N) is 1. The Morgan fingerprint density at radius 3 is 2.61 bits per heavy atom. The van der Waals surface area contributed by atoms with Crippen molar-refractivity contribution in [3.05, 3.63) is 42.0 Å². The van der Waals surface area contributed by atoms with Crippen LogP contribution in [-0.2, 0) is 9.53 Å². The summed E-state index contributed by atoms with van der Waals surface area (Å²) >= 11 is 0. The maximum atomic E-state index is 13.4. The molecule has 0 aliphatic carbocycles. The summed E-state index contributed by atoms with van der Waals surface area (Å²) in [5.74, 6) is -1.12. The second kappa shape index (κ2) is 9.43. The van der Waals surface area contributed by atoms with Gasteiger partial charge in [0.1, 0.15) is 0 Å². The summed E-state index contributed by atoms with van der Waals surface area (Å²) in [4.78, 5) is 13.5. The average Bonchev–Trinajstić information content (AvgIpc) is 3.08. The summed E-state index contributed by atoms with van der Waals surface area (Å²) in [5.41, 5.74) is 3.16. The minimum atomic E-state index is -3.68. The van der Waals surface area contributed by atoms with E-state index < -0.39 is 12.3 Å². The topological polar surface area (TPSA) is 80.3 Å². The molecule has 1 unspecified atom stereocenters. The van der Waals surface area contributed by atoms with E-state index in [1.54, 1.807) is 6.07 Å². The van der Waals surface area contributed by atoms with Gasteiger partial charge in [0, 0.05) is 37.6 Å². The number of nitrogens with zero attached hydrogens (tertiary/aromatic N) is 1. The molecule has 1 saturated heterocycles. The molecular weight excluding hydrogens is 434 g/mol. The Labute approximate surface area is 191 Å². The zero-order valence-corrected chi connectivity index (χ0v) is 18.6. The van der Waals surface area contributed by atoms with Gasteiger partial charge in [-0.2, -0.15) is 0 Å². The zero-order valence-electron chi connectivity index (χ0n) is 18.6. The van der Waals surface area contributed by atoms with Crippen molar-refractivity contribution in [2.75, 3.05) is 30.0 Å². The van der Waals surface area contributed by atoms with Crippen molar-refractivity contribution < 1.29 is 32.9 Å². The minimum Gasteiger partial charge on any atom is -0.481 e. The quantitative estimate of drug-likeness (QED) is 0.548. The van der Waals surface area contributed by atoms with Gasteiger partial charge in [-0.1, -0.05) is 13.0 Å². The van der Waals surface area contributed by atoms with Crippen molar-refractivity contribution in [3.8, 4) is 11.5 Å². The predicted molar refractivity (Wildman–Crippen MR) is 120 cm³/mol. The van der Waals surface area contributed by atoms with E-state index >= 15 is 0 Å². The van der Waals surface area contributed by atoms with Gasteiger partial charge < -0.3 is 29.5 Å². The number of rotatable bonds is 8. The molecule has 2 aliphatic rings. The van der Waals surface area contributed by atoms with Gasteiger partial charge in [-0.3, -0.25) is 4.79 Å². The van der Waals surface area contributed by atoms with Crippen LogP contribution in [0.25, 0.3) is 0 Å². The zero-order chi connectivity index (χ0) is 23.6. The Hall–Kier alpha value is -3.07. The van der Waals surface area contributed by atoms with Crippen molar-refractivity contribution in [3.63, 3.8) is 0 Å². The largest absolute Gasteiger partial charge is 0.586 e. The summed E-state index contributed by atoms with van der Waals surface area (Å²) in [5, 5.41) is 12.5. The second-order valence-corrected chi connectivity index (χ2v) is 8.36. The van der Waals surface area contributed by atoms with Crippen LogP contribution in [0.4, 0.5) is 25.8 Å². The number of carbonyl (C=O) groups is 1. The van der Waals surface area contributed by atoms with E-state index in [1.807, 2.05) is 25.1 Å². The highest BCUT2D eigenvalue weighted by atomic mass is 19.3. The number of aliphatic carboxylic acids is 1. The lowest BCUT2D eigenvalue weighted by atomic mass is 9.96. The molecule has 33 heavy (non-hydrogen) atoms. The van der Waals surface area contributed by atoms with Crippen molar-refractivity contribution >= 4 is 23.0 Å². The van der Waals surface area contributed by atoms with E-state index in [2.05, 4.69) is 26.6 Å². The third kappa shape index (κ3) is 5.30. The van der Waals surface area contributed by atoms with Gasteiger partial charge >= 0.3 is 12.3 Å². The molecule has 2 heterocycles. The van der Waals surface area contributed by atoms with Gasteiger partial charge in [0.25, 0.3) is 0 Å². The number of fused-ring (bicyclic) bond motifs is 1. The SMILES string of the molecule is CCN(c1ccc(C(C)CC(=O)O)cc1Nc1ccc2c(c1)OC(F)(F)O2)C1CCOCC1. The number of carboxylic acids is 1. The van der Waals surface area contributed by atoms with Gasteiger partial charge in [-0.25, -0.2) is 0 Å². The minimum absolute atomic E-state index is 0.00927. The number of carboxylic acid groups (broad SMARTS) is 1. The molecule has 9 heteroatoms. The molecule has 0 bridgehead atoms. The Balaban J connectivity index is 1.68. The van der Waals surface area contributed by atoms with Crippen LogP contribution in [0.1, 0.15) is 44.6 Å². The second-order valence-electron chi connectivity index (χ2n) is 8.36. The van der Waals surface area contributed by atoms with Crippen LogP contribution in [-0.4, -0.2) is 43.2 Å². The standard InChI is InChI=1S/C24H28F2N2O5/c1-3-28(18-8-10-31-11-9-18)20-6-4-16(15(2)12-23(29)30)13-19(20)27-17-5-7-21-22(14-17)33-24(25,26)32-21/h4-7,13-15,18,27H,3,8-12H2,1-2H3,(H,29,30). The lowest BCUT2D eigenvalue weighted by molar-refractivity contribution is -0.286. The number of benzene rings is 2. The predicted octanol–water partition coefficient (Wildman–Crippen LogP) is 5.34.